The van der Waals surface area contributed by atoms with Crippen LogP contribution >= 0.6 is 0 Å². The van der Waals surface area contributed by atoms with Gasteiger partial charge < -0.3 is 9.47 Å². The fourth-order valence-corrected chi connectivity index (χ4v) is 4.08. The minimum absolute atomic E-state index is 0.118. The first-order chi connectivity index (χ1) is 20.4. The monoisotopic (exact) mass is 686 g/mol. The molecule has 0 aromatic heterocycles. The van der Waals surface area contributed by atoms with Gasteiger partial charge in [0.25, 0.3) is 0 Å². The Morgan fingerprint density at radius 3 is 1.51 bits per heavy atom. The molecule has 0 fully saturated rings. The standard InChI is InChI=1S/C28H39F13O4/c1-4-6-7-8-9-10-11-12-20(42)44-16-14-22(3,13-5-2)15-17-45-21(43)18-23(30,31)25(34,35)27(38,39)28(40,41)26(36,37)24(32,33)19-29/h5H,2,4,6-19H2,1,3H3. The summed E-state index contributed by atoms with van der Waals surface area (Å²) in [5.74, 6) is -46.9. The molecule has 0 aliphatic rings. The number of allylic oxidation sites excluding steroid dienone is 1. The SMILES string of the molecule is C=CCC(C)(CCOC(=O)CCCCCCCCC)CCOC(=O)CC(F)(F)C(F)(F)C(F)(F)C(F)(F)C(F)(F)C(F)(F)CF. The van der Waals surface area contributed by atoms with E-state index in [4.69, 9.17) is 4.74 Å². The highest BCUT2D eigenvalue weighted by Gasteiger charge is 2.90. The minimum atomic E-state index is -7.91. The van der Waals surface area contributed by atoms with E-state index in [1.54, 1.807) is 6.92 Å². The van der Waals surface area contributed by atoms with Crippen molar-refractivity contribution in [1.82, 2.24) is 0 Å². The van der Waals surface area contributed by atoms with Crippen molar-refractivity contribution in [2.24, 2.45) is 5.41 Å². The van der Waals surface area contributed by atoms with E-state index in [0.29, 0.717) is 6.42 Å². The predicted molar refractivity (Wildman–Crippen MR) is 137 cm³/mol. The normalized spacial score (nSPS) is 15.0. The highest BCUT2D eigenvalue weighted by atomic mass is 19.4. The van der Waals surface area contributed by atoms with Crippen LogP contribution in [0.5, 0.6) is 0 Å². The zero-order valence-electron chi connectivity index (χ0n) is 24.9. The smallest absolute Gasteiger partial charge is 0.384 e. The lowest BCUT2D eigenvalue weighted by molar-refractivity contribution is -0.425. The summed E-state index contributed by atoms with van der Waals surface area (Å²) in [5, 5.41) is 0. The van der Waals surface area contributed by atoms with Crippen LogP contribution in [-0.4, -0.2) is 67.4 Å². The number of hydrogen-bond donors (Lipinski definition) is 0. The first-order valence-electron chi connectivity index (χ1n) is 14.2. The Morgan fingerprint density at radius 2 is 1.07 bits per heavy atom. The number of ether oxygens (including phenoxy) is 2. The molecule has 0 aromatic rings. The molecular weight excluding hydrogens is 647 g/mol. The van der Waals surface area contributed by atoms with Crippen molar-refractivity contribution < 1.29 is 76.1 Å². The van der Waals surface area contributed by atoms with Crippen LogP contribution < -0.4 is 0 Å². The highest BCUT2D eigenvalue weighted by Crippen LogP contribution is 2.60. The molecular formula is C28H39F13O4. The van der Waals surface area contributed by atoms with Gasteiger partial charge in [-0.3, -0.25) is 9.59 Å². The topological polar surface area (TPSA) is 52.6 Å². The number of esters is 2. The minimum Gasteiger partial charge on any atom is -0.466 e. The molecule has 0 aliphatic heterocycles. The summed E-state index contributed by atoms with van der Waals surface area (Å²) in [7, 11) is 0. The van der Waals surface area contributed by atoms with Crippen molar-refractivity contribution in [3.8, 4) is 0 Å². The van der Waals surface area contributed by atoms with Crippen molar-refractivity contribution in [1.29, 1.82) is 0 Å². The lowest BCUT2D eigenvalue weighted by atomic mass is 9.80. The molecule has 0 amide bonds. The van der Waals surface area contributed by atoms with Crippen LogP contribution in [0, 0.1) is 5.41 Å². The zero-order valence-corrected chi connectivity index (χ0v) is 24.9. The van der Waals surface area contributed by atoms with Crippen LogP contribution in [0.2, 0.25) is 0 Å². The lowest BCUT2D eigenvalue weighted by Crippen LogP contribution is -2.71. The van der Waals surface area contributed by atoms with Crippen molar-refractivity contribution in [2.75, 3.05) is 19.9 Å². The maximum Gasteiger partial charge on any atom is 0.384 e. The van der Waals surface area contributed by atoms with Crippen LogP contribution in [0.4, 0.5) is 57.1 Å². The Hall–Kier alpha value is -2.23. The van der Waals surface area contributed by atoms with Gasteiger partial charge in [0.15, 0.2) is 6.67 Å². The zero-order chi connectivity index (χ0) is 35.4. The van der Waals surface area contributed by atoms with Gasteiger partial charge >= 0.3 is 47.5 Å². The molecule has 0 rings (SSSR count). The number of alkyl halides is 13. The molecule has 0 saturated heterocycles. The average Bonchev–Trinajstić information content (AvgIpc) is 2.91. The van der Waals surface area contributed by atoms with Crippen LogP contribution in [0.25, 0.3) is 0 Å². The van der Waals surface area contributed by atoms with Gasteiger partial charge in [0, 0.05) is 6.42 Å². The third-order valence-electron chi connectivity index (χ3n) is 7.19. The van der Waals surface area contributed by atoms with Gasteiger partial charge in [0.1, 0.15) is 6.42 Å². The predicted octanol–water partition coefficient (Wildman–Crippen LogP) is 9.75. The second kappa shape index (κ2) is 17.1. The van der Waals surface area contributed by atoms with E-state index in [2.05, 4.69) is 18.2 Å². The fourth-order valence-electron chi connectivity index (χ4n) is 4.08. The van der Waals surface area contributed by atoms with Crippen LogP contribution in [0.3, 0.4) is 0 Å². The first-order valence-corrected chi connectivity index (χ1v) is 14.2. The quantitative estimate of drug-likeness (QED) is 0.0439. The number of halogens is 13. The summed E-state index contributed by atoms with van der Waals surface area (Å²) in [4.78, 5) is 23.7. The second-order valence-corrected chi connectivity index (χ2v) is 11.1. The molecule has 0 aliphatic carbocycles. The third kappa shape index (κ3) is 10.9. The summed E-state index contributed by atoms with van der Waals surface area (Å²) < 4.78 is 185. The summed E-state index contributed by atoms with van der Waals surface area (Å²) >= 11 is 0. The summed E-state index contributed by atoms with van der Waals surface area (Å²) in [5.41, 5.74) is -0.879. The first kappa shape index (κ1) is 42.8. The molecule has 1 unspecified atom stereocenters. The summed E-state index contributed by atoms with van der Waals surface area (Å²) in [6.07, 6.45) is 5.44. The maximum atomic E-state index is 14.0. The van der Waals surface area contributed by atoms with Gasteiger partial charge in [-0.1, -0.05) is 58.4 Å². The molecule has 0 radical (unpaired) electrons. The Labute approximate surface area is 253 Å². The molecule has 266 valence electrons. The lowest BCUT2D eigenvalue weighted by Gasteiger charge is -2.40. The Balaban J connectivity index is 5.16. The molecule has 0 saturated carbocycles. The van der Waals surface area contributed by atoms with Gasteiger partial charge in [0.2, 0.25) is 0 Å². The van der Waals surface area contributed by atoms with Gasteiger partial charge in [-0.25, -0.2) is 4.39 Å². The van der Waals surface area contributed by atoms with Crippen molar-refractivity contribution in [3.05, 3.63) is 12.7 Å². The number of carbonyl (C=O) groups is 2. The molecule has 0 N–H and O–H groups in total. The van der Waals surface area contributed by atoms with Gasteiger partial charge in [-0.15, -0.1) is 6.58 Å². The van der Waals surface area contributed by atoms with E-state index in [0.717, 1.165) is 38.5 Å². The number of hydrogen-bond acceptors (Lipinski definition) is 4. The number of unbranched alkanes of at least 4 members (excludes halogenated alkanes) is 6. The van der Waals surface area contributed by atoms with Crippen LogP contribution in [0.15, 0.2) is 12.7 Å². The number of rotatable bonds is 24. The number of carbonyl (C=O) groups excluding carboxylic acids is 2. The second-order valence-electron chi connectivity index (χ2n) is 11.1. The summed E-state index contributed by atoms with van der Waals surface area (Å²) in [6, 6.07) is 0. The molecule has 45 heavy (non-hydrogen) atoms. The van der Waals surface area contributed by atoms with Crippen molar-refractivity contribution in [3.63, 3.8) is 0 Å². The third-order valence-corrected chi connectivity index (χ3v) is 7.19. The van der Waals surface area contributed by atoms with E-state index >= 15 is 0 Å². The van der Waals surface area contributed by atoms with E-state index in [1.807, 2.05) is 0 Å². The van der Waals surface area contributed by atoms with Crippen molar-refractivity contribution >= 4 is 11.9 Å². The highest BCUT2D eigenvalue weighted by molar-refractivity contribution is 5.70. The Kier molecular flexibility index (Phi) is 16.2. The maximum absolute atomic E-state index is 14.0. The molecule has 0 aromatic carbocycles. The van der Waals surface area contributed by atoms with E-state index in [-0.39, 0.29) is 32.3 Å². The van der Waals surface area contributed by atoms with Gasteiger partial charge in [0.05, 0.1) is 13.2 Å². The molecule has 0 spiro atoms. The van der Waals surface area contributed by atoms with Gasteiger partial charge in [-0.05, 0) is 31.1 Å². The molecule has 1 atom stereocenters. The summed E-state index contributed by atoms with van der Waals surface area (Å²) in [6.45, 7) is 2.51. The molecule has 4 nitrogen and oxygen atoms in total. The Bertz CT molecular complexity index is 941. The van der Waals surface area contributed by atoms with E-state index < -0.39 is 72.6 Å². The Morgan fingerprint density at radius 1 is 0.644 bits per heavy atom. The average molecular weight is 687 g/mol. The van der Waals surface area contributed by atoms with Crippen LogP contribution in [-0.2, 0) is 19.1 Å². The van der Waals surface area contributed by atoms with Crippen molar-refractivity contribution in [2.45, 2.75) is 126 Å². The van der Waals surface area contributed by atoms with Crippen LogP contribution in [0.1, 0.15) is 90.9 Å². The molecule has 0 bridgehead atoms. The fraction of sp³-hybridized carbons (Fsp3) is 0.857. The van der Waals surface area contributed by atoms with E-state index in [1.165, 1.54) is 6.08 Å². The van der Waals surface area contributed by atoms with Gasteiger partial charge in [-0.2, -0.15) is 52.7 Å². The molecule has 17 heteroatoms. The largest absolute Gasteiger partial charge is 0.466 e. The van der Waals surface area contributed by atoms with E-state index in [9.17, 15) is 66.7 Å². The molecule has 0 heterocycles.